The van der Waals surface area contributed by atoms with Crippen molar-refractivity contribution >= 4 is 5.97 Å². The molecule has 0 spiro atoms. The molecule has 0 N–H and O–H groups in total. The molecule has 1 fully saturated rings. The second-order valence-corrected chi connectivity index (χ2v) is 4.91. The van der Waals surface area contributed by atoms with Gasteiger partial charge in [-0.2, -0.15) is 0 Å². The van der Waals surface area contributed by atoms with Gasteiger partial charge in [-0.3, -0.25) is 4.79 Å². The first-order chi connectivity index (χ1) is 7.64. The van der Waals surface area contributed by atoms with Gasteiger partial charge >= 0.3 is 5.97 Å². The van der Waals surface area contributed by atoms with Crippen molar-refractivity contribution in [2.75, 3.05) is 26.7 Å². The minimum absolute atomic E-state index is 0.0385. The van der Waals surface area contributed by atoms with Crippen molar-refractivity contribution in [1.29, 1.82) is 0 Å². The lowest BCUT2D eigenvalue weighted by molar-refractivity contribution is -0.159. The van der Waals surface area contributed by atoms with E-state index in [9.17, 15) is 4.79 Å². The van der Waals surface area contributed by atoms with Crippen molar-refractivity contribution < 1.29 is 9.53 Å². The Bertz CT molecular complexity index is 214. The molecule has 1 aliphatic heterocycles. The Morgan fingerprint density at radius 1 is 1.31 bits per heavy atom. The van der Waals surface area contributed by atoms with E-state index >= 15 is 0 Å². The number of ether oxygens (including phenoxy) is 1. The number of piperidine rings is 1. The number of unbranched alkanes of at least 4 members (excludes halogenated alkanes) is 1. The molecule has 0 unspecified atom stereocenters. The van der Waals surface area contributed by atoms with Gasteiger partial charge in [0.15, 0.2) is 0 Å². The Kier molecular flexibility index (Phi) is 5.26. The van der Waals surface area contributed by atoms with E-state index in [1.807, 2.05) is 6.92 Å². The van der Waals surface area contributed by atoms with Crippen LogP contribution in [0.5, 0.6) is 0 Å². The molecular weight excluding hydrogens is 202 g/mol. The highest BCUT2D eigenvalue weighted by molar-refractivity contribution is 5.77. The fourth-order valence-electron chi connectivity index (χ4n) is 2.40. The maximum absolute atomic E-state index is 12.1. The molecule has 0 amide bonds. The maximum Gasteiger partial charge on any atom is 0.312 e. The summed E-state index contributed by atoms with van der Waals surface area (Å²) in [5, 5.41) is 0. The normalized spacial score (nSPS) is 20.7. The zero-order valence-corrected chi connectivity index (χ0v) is 10.9. The van der Waals surface area contributed by atoms with E-state index in [0.29, 0.717) is 6.61 Å². The molecule has 0 radical (unpaired) electrons. The second-order valence-electron chi connectivity index (χ2n) is 4.91. The summed E-state index contributed by atoms with van der Waals surface area (Å²) in [6.07, 6.45) is 5.19. The molecule has 0 saturated carbocycles. The first-order valence-corrected chi connectivity index (χ1v) is 6.50. The van der Waals surface area contributed by atoms with E-state index in [1.165, 1.54) is 0 Å². The Morgan fingerprint density at radius 2 is 1.94 bits per heavy atom. The van der Waals surface area contributed by atoms with Crippen molar-refractivity contribution in [3.8, 4) is 0 Å². The third-order valence-corrected chi connectivity index (χ3v) is 3.66. The summed E-state index contributed by atoms with van der Waals surface area (Å²) in [5.41, 5.74) is -0.182. The van der Waals surface area contributed by atoms with Gasteiger partial charge in [0.25, 0.3) is 0 Å². The first kappa shape index (κ1) is 13.5. The summed E-state index contributed by atoms with van der Waals surface area (Å²) in [6, 6.07) is 0. The van der Waals surface area contributed by atoms with E-state index in [4.69, 9.17) is 4.74 Å². The summed E-state index contributed by atoms with van der Waals surface area (Å²) < 4.78 is 5.26. The molecule has 0 atom stereocenters. The van der Waals surface area contributed by atoms with Gasteiger partial charge in [-0.1, -0.05) is 19.8 Å². The van der Waals surface area contributed by atoms with Gasteiger partial charge < -0.3 is 9.64 Å². The first-order valence-electron chi connectivity index (χ1n) is 6.50. The van der Waals surface area contributed by atoms with Gasteiger partial charge in [0.05, 0.1) is 12.0 Å². The quantitative estimate of drug-likeness (QED) is 0.676. The SMILES string of the molecule is CCCCC1(C(=O)OCC)CCN(C)CC1. The van der Waals surface area contributed by atoms with Crippen molar-refractivity contribution in [3.63, 3.8) is 0 Å². The molecule has 1 saturated heterocycles. The minimum Gasteiger partial charge on any atom is -0.466 e. The van der Waals surface area contributed by atoms with Crippen LogP contribution in [0.1, 0.15) is 46.0 Å². The van der Waals surface area contributed by atoms with Gasteiger partial charge in [-0.15, -0.1) is 0 Å². The molecule has 0 aromatic heterocycles. The monoisotopic (exact) mass is 227 g/mol. The van der Waals surface area contributed by atoms with Crippen LogP contribution in [-0.4, -0.2) is 37.6 Å². The lowest BCUT2D eigenvalue weighted by Crippen LogP contribution is -2.43. The average Bonchev–Trinajstić information content (AvgIpc) is 2.29. The molecule has 1 rings (SSSR count). The van der Waals surface area contributed by atoms with Gasteiger partial charge in [-0.05, 0) is 46.3 Å². The highest BCUT2D eigenvalue weighted by Crippen LogP contribution is 2.37. The second kappa shape index (κ2) is 6.24. The molecule has 0 bridgehead atoms. The van der Waals surface area contributed by atoms with Crippen LogP contribution in [0.3, 0.4) is 0 Å². The van der Waals surface area contributed by atoms with Crippen LogP contribution < -0.4 is 0 Å². The van der Waals surface area contributed by atoms with Gasteiger partial charge in [0.2, 0.25) is 0 Å². The summed E-state index contributed by atoms with van der Waals surface area (Å²) in [7, 11) is 2.12. The highest BCUT2D eigenvalue weighted by atomic mass is 16.5. The van der Waals surface area contributed by atoms with Crippen LogP contribution in [0.15, 0.2) is 0 Å². The van der Waals surface area contributed by atoms with Crippen LogP contribution in [0, 0.1) is 5.41 Å². The topological polar surface area (TPSA) is 29.5 Å². The Hall–Kier alpha value is -0.570. The van der Waals surface area contributed by atoms with Gasteiger partial charge in [0, 0.05) is 0 Å². The van der Waals surface area contributed by atoms with Crippen LogP contribution in [0.25, 0.3) is 0 Å². The standard InChI is InChI=1S/C13H25NO2/c1-4-6-7-13(12(15)16-5-2)8-10-14(3)11-9-13/h4-11H2,1-3H3. The van der Waals surface area contributed by atoms with Gasteiger partial charge in [-0.25, -0.2) is 0 Å². The Morgan fingerprint density at radius 3 is 2.44 bits per heavy atom. The minimum atomic E-state index is -0.182. The summed E-state index contributed by atoms with van der Waals surface area (Å²) in [5.74, 6) is 0.0385. The highest BCUT2D eigenvalue weighted by Gasteiger charge is 2.41. The lowest BCUT2D eigenvalue weighted by Gasteiger charge is -2.38. The summed E-state index contributed by atoms with van der Waals surface area (Å²) in [4.78, 5) is 14.4. The predicted octanol–water partition coefficient (Wildman–Crippen LogP) is 2.45. The maximum atomic E-state index is 12.1. The van der Waals surface area contributed by atoms with Gasteiger partial charge in [0.1, 0.15) is 0 Å². The molecule has 3 heteroatoms. The molecule has 94 valence electrons. The summed E-state index contributed by atoms with van der Waals surface area (Å²) in [6.45, 7) is 6.60. The number of likely N-dealkylation sites (tertiary alicyclic amines) is 1. The van der Waals surface area contributed by atoms with Crippen molar-refractivity contribution in [3.05, 3.63) is 0 Å². The molecule has 16 heavy (non-hydrogen) atoms. The average molecular weight is 227 g/mol. The third kappa shape index (κ3) is 3.21. The number of rotatable bonds is 5. The largest absolute Gasteiger partial charge is 0.466 e. The molecule has 0 aliphatic carbocycles. The lowest BCUT2D eigenvalue weighted by atomic mass is 9.74. The number of hydrogen-bond donors (Lipinski definition) is 0. The van der Waals surface area contributed by atoms with E-state index in [-0.39, 0.29) is 11.4 Å². The fourth-order valence-corrected chi connectivity index (χ4v) is 2.40. The van der Waals surface area contributed by atoms with E-state index in [2.05, 4.69) is 18.9 Å². The smallest absolute Gasteiger partial charge is 0.312 e. The summed E-state index contributed by atoms with van der Waals surface area (Å²) >= 11 is 0. The van der Waals surface area contributed by atoms with Crippen molar-refractivity contribution in [1.82, 2.24) is 4.90 Å². The van der Waals surface area contributed by atoms with E-state index in [1.54, 1.807) is 0 Å². The molecule has 1 heterocycles. The zero-order chi connectivity index (χ0) is 12.0. The number of esters is 1. The molecule has 0 aromatic carbocycles. The number of nitrogens with zero attached hydrogens (tertiary/aromatic N) is 1. The number of carbonyl (C=O) groups excluding carboxylic acids is 1. The van der Waals surface area contributed by atoms with Crippen LogP contribution in [-0.2, 0) is 9.53 Å². The Balaban J connectivity index is 2.64. The zero-order valence-electron chi connectivity index (χ0n) is 10.9. The number of carbonyl (C=O) groups is 1. The molecule has 0 aromatic rings. The molecule has 3 nitrogen and oxygen atoms in total. The molecule has 1 aliphatic rings. The third-order valence-electron chi connectivity index (χ3n) is 3.66. The van der Waals surface area contributed by atoms with Crippen LogP contribution in [0.4, 0.5) is 0 Å². The fraction of sp³-hybridized carbons (Fsp3) is 0.923. The number of hydrogen-bond acceptors (Lipinski definition) is 3. The van der Waals surface area contributed by atoms with Crippen molar-refractivity contribution in [2.45, 2.75) is 46.0 Å². The van der Waals surface area contributed by atoms with E-state index in [0.717, 1.165) is 45.2 Å². The predicted molar refractivity (Wildman–Crippen MR) is 65.3 cm³/mol. The van der Waals surface area contributed by atoms with Crippen molar-refractivity contribution in [2.24, 2.45) is 5.41 Å². The molecular formula is C13H25NO2. The Labute approximate surface area is 99.1 Å². The van der Waals surface area contributed by atoms with E-state index < -0.39 is 0 Å². The van der Waals surface area contributed by atoms with Crippen LogP contribution in [0.2, 0.25) is 0 Å². The van der Waals surface area contributed by atoms with Crippen LogP contribution >= 0.6 is 0 Å².